The van der Waals surface area contributed by atoms with Gasteiger partial charge in [-0.15, -0.1) is 12.4 Å². The number of halogens is 1. The topological polar surface area (TPSA) is 44.9 Å². The van der Waals surface area contributed by atoms with Crippen LogP contribution < -0.4 is 5.32 Å². The van der Waals surface area contributed by atoms with Gasteiger partial charge in [0.25, 0.3) is 0 Å². The first-order chi connectivity index (χ1) is 8.86. The monoisotopic (exact) mass is 274 g/mol. The third kappa shape index (κ3) is 1.74. The lowest BCUT2D eigenvalue weighted by Gasteiger charge is -2.36. The fourth-order valence-corrected chi connectivity index (χ4v) is 3.49. The lowest BCUT2D eigenvalue weighted by atomic mass is 9.75. The lowest BCUT2D eigenvalue weighted by molar-refractivity contribution is 0.393. The summed E-state index contributed by atoms with van der Waals surface area (Å²) < 4.78 is 0. The molecule has 3 nitrogen and oxygen atoms in total. The second-order valence-corrected chi connectivity index (χ2v) is 5.29. The van der Waals surface area contributed by atoms with Crippen molar-refractivity contribution < 1.29 is 4.79 Å². The van der Waals surface area contributed by atoms with Crippen LogP contribution in [0.1, 0.15) is 23.5 Å². The van der Waals surface area contributed by atoms with Crippen molar-refractivity contribution in [3.63, 3.8) is 0 Å². The summed E-state index contributed by atoms with van der Waals surface area (Å²) in [5.41, 5.74) is 4.85. The Balaban J connectivity index is 0.00000110. The summed E-state index contributed by atoms with van der Waals surface area (Å²) in [6.45, 7) is 0.695. The maximum Gasteiger partial charge on any atom is 0.124 e. The quantitative estimate of drug-likeness (QED) is 0.725. The normalized spacial score (nSPS) is 24.5. The Hall–Kier alpha value is -1.54. The molecule has 1 saturated heterocycles. The number of aromatic amines is 1. The van der Waals surface area contributed by atoms with Crippen molar-refractivity contribution >= 4 is 29.3 Å². The van der Waals surface area contributed by atoms with Gasteiger partial charge in [-0.25, -0.2) is 4.79 Å². The van der Waals surface area contributed by atoms with E-state index < -0.39 is 0 Å². The predicted octanol–water partition coefficient (Wildman–Crippen LogP) is 2.35. The molecule has 0 spiro atoms. The fraction of sp³-hybridized carbons (Fsp3) is 0.333. The smallest absolute Gasteiger partial charge is 0.124 e. The maximum absolute atomic E-state index is 10.9. The first kappa shape index (κ1) is 12.5. The second-order valence-electron chi connectivity index (χ2n) is 5.29. The first-order valence-electron chi connectivity index (χ1n) is 6.42. The van der Waals surface area contributed by atoms with E-state index in [0.717, 1.165) is 18.4 Å². The van der Waals surface area contributed by atoms with E-state index in [4.69, 9.17) is 0 Å². The number of carbonyl (C=O) groups excluding carboxylic acids is 1. The highest BCUT2D eigenvalue weighted by molar-refractivity contribution is 5.88. The van der Waals surface area contributed by atoms with E-state index in [9.17, 15) is 4.79 Å². The van der Waals surface area contributed by atoms with Crippen molar-refractivity contribution in [2.24, 2.45) is 0 Å². The highest BCUT2D eigenvalue weighted by Gasteiger charge is 2.34. The molecule has 98 valence electrons. The summed E-state index contributed by atoms with van der Waals surface area (Å²) in [6.07, 6.45) is 4.02. The molecule has 1 aromatic heterocycles. The highest BCUT2D eigenvalue weighted by Crippen LogP contribution is 2.41. The molecular weight excluding hydrogens is 260 g/mol. The maximum atomic E-state index is 10.9. The molecule has 2 aliphatic rings. The van der Waals surface area contributed by atoms with Crippen molar-refractivity contribution in [1.29, 1.82) is 0 Å². The average molecular weight is 275 g/mol. The summed E-state index contributed by atoms with van der Waals surface area (Å²) in [7, 11) is 0. The minimum Gasteiger partial charge on any atom is -0.361 e. The number of hydrogen-bond acceptors (Lipinski definition) is 2. The molecule has 0 amide bonds. The zero-order chi connectivity index (χ0) is 12.1. The standard InChI is InChI=1S/C15H14N2O.ClH/c18-8-9-4-12-11-2-1-3-13-15(11)10(7-17-13)5-14(12)16-6-9;/h1-3,7,12,14,16-17H,4-6H2;1H/t12-,14-;/m1./s1. The van der Waals surface area contributed by atoms with Crippen LogP contribution >= 0.6 is 12.4 Å². The number of aromatic nitrogens is 1. The predicted molar refractivity (Wildman–Crippen MR) is 77.6 cm³/mol. The van der Waals surface area contributed by atoms with Gasteiger partial charge < -0.3 is 10.3 Å². The Morgan fingerprint density at radius 1 is 1.26 bits per heavy atom. The van der Waals surface area contributed by atoms with E-state index in [2.05, 4.69) is 40.6 Å². The van der Waals surface area contributed by atoms with Crippen molar-refractivity contribution in [2.75, 3.05) is 6.54 Å². The molecule has 19 heavy (non-hydrogen) atoms. The Bertz CT molecular complexity index is 685. The molecule has 2 heterocycles. The summed E-state index contributed by atoms with van der Waals surface area (Å²) in [6, 6.07) is 6.87. The summed E-state index contributed by atoms with van der Waals surface area (Å²) in [5, 5.41) is 4.85. The van der Waals surface area contributed by atoms with E-state index in [1.54, 1.807) is 0 Å². The molecule has 0 saturated carbocycles. The van der Waals surface area contributed by atoms with Gasteiger partial charge in [0.2, 0.25) is 0 Å². The zero-order valence-electron chi connectivity index (χ0n) is 10.4. The zero-order valence-corrected chi connectivity index (χ0v) is 11.2. The number of hydrogen-bond donors (Lipinski definition) is 2. The highest BCUT2D eigenvalue weighted by atomic mass is 35.5. The number of rotatable bonds is 0. The first-order valence-corrected chi connectivity index (χ1v) is 6.42. The van der Waals surface area contributed by atoms with Gasteiger partial charge >= 0.3 is 0 Å². The van der Waals surface area contributed by atoms with Gasteiger partial charge in [-0.2, -0.15) is 0 Å². The molecule has 1 aliphatic carbocycles. The van der Waals surface area contributed by atoms with Gasteiger partial charge in [0.1, 0.15) is 5.94 Å². The molecule has 0 radical (unpaired) electrons. The van der Waals surface area contributed by atoms with Gasteiger partial charge in [-0.3, -0.25) is 0 Å². The molecular formula is C15H15ClN2O. The van der Waals surface area contributed by atoms with Crippen LogP contribution in [0.4, 0.5) is 0 Å². The molecule has 1 aliphatic heterocycles. The third-order valence-corrected chi connectivity index (χ3v) is 4.33. The molecule has 4 heteroatoms. The minimum atomic E-state index is 0. The lowest BCUT2D eigenvalue weighted by Crippen LogP contribution is -2.44. The van der Waals surface area contributed by atoms with Crippen LogP contribution in [0.15, 0.2) is 30.0 Å². The van der Waals surface area contributed by atoms with E-state index >= 15 is 0 Å². The van der Waals surface area contributed by atoms with Crippen LogP contribution in [0.3, 0.4) is 0 Å². The Morgan fingerprint density at radius 3 is 3.00 bits per heavy atom. The Kier molecular flexibility index (Phi) is 2.98. The molecule has 1 aromatic carbocycles. The van der Waals surface area contributed by atoms with Gasteiger partial charge in [0, 0.05) is 41.2 Å². The number of nitrogens with one attached hydrogen (secondary N) is 2. The van der Waals surface area contributed by atoms with Crippen LogP contribution in [0.25, 0.3) is 10.9 Å². The van der Waals surface area contributed by atoms with Crippen LogP contribution in [0, 0.1) is 0 Å². The Morgan fingerprint density at radius 2 is 2.16 bits per heavy atom. The molecule has 4 rings (SSSR count). The molecule has 2 atom stereocenters. The van der Waals surface area contributed by atoms with Crippen molar-refractivity contribution in [3.8, 4) is 0 Å². The number of H-pyrrole nitrogens is 1. The van der Waals surface area contributed by atoms with Crippen LogP contribution in [0.2, 0.25) is 0 Å². The van der Waals surface area contributed by atoms with Gasteiger partial charge in [-0.1, -0.05) is 12.1 Å². The Labute approximate surface area is 117 Å². The second kappa shape index (κ2) is 4.53. The summed E-state index contributed by atoms with van der Waals surface area (Å²) in [4.78, 5) is 14.2. The van der Waals surface area contributed by atoms with Gasteiger partial charge in [-0.05, 0) is 30.0 Å². The van der Waals surface area contributed by atoms with Crippen molar-refractivity contribution in [1.82, 2.24) is 10.3 Å². The summed E-state index contributed by atoms with van der Waals surface area (Å²) in [5.74, 6) is 2.50. The van der Waals surface area contributed by atoms with Crippen LogP contribution in [-0.4, -0.2) is 23.5 Å². The minimum absolute atomic E-state index is 0. The fourth-order valence-electron chi connectivity index (χ4n) is 3.49. The van der Waals surface area contributed by atoms with Gasteiger partial charge in [0.15, 0.2) is 0 Å². The number of benzene rings is 1. The van der Waals surface area contributed by atoms with Crippen molar-refractivity contribution in [2.45, 2.75) is 24.8 Å². The molecule has 0 bridgehead atoms. The SMILES string of the molecule is Cl.O=C=C1CN[C@@H]2Cc3c[nH]c4cccc(c34)[C@H]2C1. The molecule has 2 aromatic rings. The average Bonchev–Trinajstić information content (AvgIpc) is 2.83. The van der Waals surface area contributed by atoms with Crippen LogP contribution in [0.5, 0.6) is 0 Å². The van der Waals surface area contributed by atoms with E-state index in [-0.39, 0.29) is 12.4 Å². The van der Waals surface area contributed by atoms with Crippen LogP contribution in [-0.2, 0) is 11.2 Å². The van der Waals surface area contributed by atoms with Gasteiger partial charge in [0.05, 0.1) is 0 Å². The molecule has 2 N–H and O–H groups in total. The number of piperidine rings is 1. The van der Waals surface area contributed by atoms with E-state index in [0.29, 0.717) is 18.5 Å². The molecule has 1 fully saturated rings. The summed E-state index contributed by atoms with van der Waals surface area (Å²) >= 11 is 0. The number of fused-ring (bicyclic) bond motifs is 2. The van der Waals surface area contributed by atoms with E-state index in [1.807, 2.05) is 0 Å². The third-order valence-electron chi connectivity index (χ3n) is 4.33. The largest absolute Gasteiger partial charge is 0.361 e. The van der Waals surface area contributed by atoms with E-state index in [1.165, 1.54) is 22.0 Å². The van der Waals surface area contributed by atoms with Crippen molar-refractivity contribution in [3.05, 3.63) is 41.1 Å². The molecule has 0 unspecified atom stereocenters.